The number of hydrogen-bond donors (Lipinski definition) is 5. The minimum absolute atomic E-state index is 0.0729. The van der Waals surface area contributed by atoms with Crippen molar-refractivity contribution in [2.24, 2.45) is 9.98 Å². The molecule has 15 nitrogen and oxygen atoms in total. The molecule has 5 N–H and O–H groups in total. The second kappa shape index (κ2) is 12.2. The number of alkyl halides is 1. The van der Waals surface area contributed by atoms with Gasteiger partial charge in [0.05, 0.1) is 12.9 Å². The Hall–Kier alpha value is -3.41. The summed E-state index contributed by atoms with van der Waals surface area (Å²) in [4.78, 5) is 55.3. The standard InChI is InChI=1S/C27H33ClN8O7S/c1-13(11-44-25-31-21(33-34-25)17-8-6-5-7-9-17)30-23-26(14(2)38)24(36(16(4)40)27(28,32-23)15(3)39)35(12-29-26)22-20(42)19(41)18(10-37)43-22/h5-9,12-13,18-20,22,24,37,41-42H,10-11H2,1-4H3,(H,30,32)(H,31,33,34)/t13-,18-,19?,20?,22-,24?,26?,27?/m1/s1. The molecule has 8 atom stereocenters. The Balaban J connectivity index is 1.47. The fourth-order valence-corrected chi connectivity index (χ4v) is 6.55. The molecular formula is C27H33ClN8O7S. The maximum absolute atomic E-state index is 13.5. The van der Waals surface area contributed by atoms with Gasteiger partial charge in [0.15, 0.2) is 29.8 Å². The molecule has 236 valence electrons. The molecule has 1 amide bonds. The molecule has 1 fully saturated rings. The van der Waals surface area contributed by atoms with Gasteiger partial charge in [0.25, 0.3) is 5.12 Å². The highest BCUT2D eigenvalue weighted by molar-refractivity contribution is 7.99. The van der Waals surface area contributed by atoms with Crippen LogP contribution in [0.3, 0.4) is 0 Å². The molecule has 2 aromatic rings. The van der Waals surface area contributed by atoms with Gasteiger partial charge in [-0.25, -0.2) is 15.0 Å². The first kappa shape index (κ1) is 32.0. The van der Waals surface area contributed by atoms with Crippen molar-refractivity contribution in [2.75, 3.05) is 12.4 Å². The van der Waals surface area contributed by atoms with E-state index in [-0.39, 0.29) is 5.84 Å². The number of amides is 1. The summed E-state index contributed by atoms with van der Waals surface area (Å²) in [5.41, 5.74) is -1.03. The van der Waals surface area contributed by atoms with Crippen LogP contribution in [0.1, 0.15) is 27.7 Å². The van der Waals surface area contributed by atoms with E-state index in [0.29, 0.717) is 16.7 Å². The van der Waals surface area contributed by atoms with E-state index < -0.39 is 71.5 Å². The number of H-pyrrole nitrogens is 1. The van der Waals surface area contributed by atoms with Gasteiger partial charge in [0.2, 0.25) is 16.6 Å². The third-order valence-electron chi connectivity index (χ3n) is 7.73. The van der Waals surface area contributed by atoms with Crippen molar-refractivity contribution >= 4 is 53.0 Å². The lowest BCUT2D eigenvalue weighted by Gasteiger charge is -2.51. The van der Waals surface area contributed by atoms with E-state index in [2.05, 4.69) is 30.5 Å². The molecule has 0 saturated carbocycles. The van der Waals surface area contributed by atoms with Crippen LogP contribution in [0.4, 0.5) is 0 Å². The normalized spacial score (nSPS) is 31.9. The van der Waals surface area contributed by atoms with E-state index in [0.717, 1.165) is 24.3 Å². The highest BCUT2D eigenvalue weighted by atomic mass is 35.5. The molecule has 1 saturated heterocycles. The molecule has 0 radical (unpaired) electrons. The number of carbonyl (C=O) groups excluding carboxylic acids is 3. The van der Waals surface area contributed by atoms with Gasteiger partial charge in [0.1, 0.15) is 24.1 Å². The quantitative estimate of drug-likeness (QED) is 0.135. The van der Waals surface area contributed by atoms with Gasteiger partial charge >= 0.3 is 0 Å². The number of thioether (sulfide) groups is 1. The van der Waals surface area contributed by atoms with Crippen LogP contribution in [0.25, 0.3) is 11.4 Å². The average Bonchev–Trinajstić information content (AvgIpc) is 3.69. The molecule has 0 bridgehead atoms. The molecule has 4 heterocycles. The van der Waals surface area contributed by atoms with E-state index in [1.807, 2.05) is 37.3 Å². The van der Waals surface area contributed by atoms with Crippen molar-refractivity contribution in [1.82, 2.24) is 30.3 Å². The first-order chi connectivity index (χ1) is 20.8. The Morgan fingerprint density at radius 3 is 2.45 bits per heavy atom. The monoisotopic (exact) mass is 648 g/mol. The molecule has 3 aliphatic rings. The number of aliphatic imine (C=N–C) groups is 2. The van der Waals surface area contributed by atoms with Crippen LogP contribution < -0.4 is 5.32 Å². The summed E-state index contributed by atoms with van der Waals surface area (Å²) >= 11 is 8.15. The minimum atomic E-state index is -2.29. The number of nitrogens with zero attached hydrogens (tertiary/aromatic N) is 6. The number of aliphatic hydroxyl groups is 3. The topological polar surface area (TPSA) is 206 Å². The van der Waals surface area contributed by atoms with Gasteiger partial charge in [-0.05, 0) is 13.8 Å². The summed E-state index contributed by atoms with van der Waals surface area (Å²) in [6, 6.07) is 9.08. The lowest BCUT2D eigenvalue weighted by atomic mass is 9.86. The Kier molecular flexibility index (Phi) is 8.85. The summed E-state index contributed by atoms with van der Waals surface area (Å²) in [6.07, 6.45) is -5.78. The maximum atomic E-state index is 13.5. The number of aromatic nitrogens is 3. The lowest BCUT2D eigenvalue weighted by molar-refractivity contribution is -0.160. The molecule has 44 heavy (non-hydrogen) atoms. The number of Topliss-reactive ketones (excluding diaryl/α,β-unsaturated/α-hetero) is 2. The van der Waals surface area contributed by atoms with Gasteiger partial charge < -0.3 is 30.3 Å². The molecule has 3 aliphatic heterocycles. The Morgan fingerprint density at radius 1 is 1.16 bits per heavy atom. The molecule has 1 aromatic carbocycles. The average molecular weight is 649 g/mol. The third kappa shape index (κ3) is 5.28. The van der Waals surface area contributed by atoms with E-state index in [1.54, 1.807) is 0 Å². The molecule has 1 aromatic heterocycles. The number of ketones is 2. The zero-order chi connectivity index (χ0) is 32.0. The molecule has 17 heteroatoms. The minimum Gasteiger partial charge on any atom is -0.394 e. The number of amidine groups is 1. The number of hydrogen-bond acceptors (Lipinski definition) is 14. The third-order valence-corrected chi connectivity index (χ3v) is 9.37. The summed E-state index contributed by atoms with van der Waals surface area (Å²) in [5, 5.41) is 39.4. The zero-order valence-electron chi connectivity index (χ0n) is 24.3. The Bertz CT molecular complexity index is 1490. The van der Waals surface area contributed by atoms with Gasteiger partial charge in [0, 0.05) is 31.2 Å². The van der Waals surface area contributed by atoms with E-state index in [1.165, 1.54) is 29.9 Å². The molecule has 0 spiro atoms. The summed E-state index contributed by atoms with van der Waals surface area (Å²) in [5.74, 6) is -1.05. The summed E-state index contributed by atoms with van der Waals surface area (Å²) in [6.45, 7) is 4.78. The fourth-order valence-electron chi connectivity index (χ4n) is 5.51. The van der Waals surface area contributed by atoms with Crippen LogP contribution in [0.15, 0.2) is 45.5 Å². The second-order valence-electron chi connectivity index (χ2n) is 10.8. The van der Waals surface area contributed by atoms with Crippen LogP contribution in [-0.4, -0.2) is 130 Å². The smallest absolute Gasteiger partial charge is 0.274 e. The van der Waals surface area contributed by atoms with E-state index in [4.69, 9.17) is 16.3 Å². The number of aromatic amines is 1. The Labute approximate surface area is 261 Å². The van der Waals surface area contributed by atoms with Crippen LogP contribution in [0.2, 0.25) is 0 Å². The maximum Gasteiger partial charge on any atom is 0.274 e. The number of carbonyl (C=O) groups is 3. The van der Waals surface area contributed by atoms with Gasteiger partial charge in [-0.3, -0.25) is 24.4 Å². The number of fused-ring (bicyclic) bond motifs is 1. The number of halogens is 1. The molecule has 5 rings (SSSR count). The summed E-state index contributed by atoms with van der Waals surface area (Å²) < 4.78 is 5.71. The van der Waals surface area contributed by atoms with Gasteiger partial charge in [-0.15, -0.1) is 5.10 Å². The highest BCUT2D eigenvalue weighted by Gasteiger charge is 2.67. The van der Waals surface area contributed by atoms with E-state index >= 15 is 0 Å². The van der Waals surface area contributed by atoms with Crippen molar-refractivity contribution in [2.45, 2.75) is 80.3 Å². The second-order valence-corrected chi connectivity index (χ2v) is 12.3. The van der Waals surface area contributed by atoms with Crippen LogP contribution in [0, 0.1) is 0 Å². The molecular weight excluding hydrogens is 616 g/mol. The first-order valence-electron chi connectivity index (χ1n) is 13.8. The van der Waals surface area contributed by atoms with Crippen LogP contribution in [0.5, 0.6) is 0 Å². The predicted octanol–water partition coefficient (Wildman–Crippen LogP) is -0.279. The van der Waals surface area contributed by atoms with Crippen molar-refractivity contribution in [3.05, 3.63) is 30.3 Å². The SMILES string of the molecule is CC(=O)N1C2N([C@@H]3O[C@H](CO)C(O)C3O)C=NC2(C(C)=O)C(N[C@H](C)CSc2n[nH]c(-c3ccccc3)n2)=NC1(Cl)C(C)=O. The zero-order valence-corrected chi connectivity index (χ0v) is 25.9. The first-order valence-corrected chi connectivity index (χ1v) is 15.1. The van der Waals surface area contributed by atoms with Crippen molar-refractivity contribution < 1.29 is 34.4 Å². The van der Waals surface area contributed by atoms with Crippen molar-refractivity contribution in [3.8, 4) is 11.4 Å². The predicted molar refractivity (Wildman–Crippen MR) is 160 cm³/mol. The molecule has 5 unspecified atom stereocenters. The van der Waals surface area contributed by atoms with Crippen molar-refractivity contribution in [3.63, 3.8) is 0 Å². The number of aliphatic hydroxyl groups excluding tert-OH is 3. The molecule has 0 aliphatic carbocycles. The number of benzene rings is 1. The highest BCUT2D eigenvalue weighted by Crippen LogP contribution is 2.44. The largest absolute Gasteiger partial charge is 0.394 e. The fraction of sp³-hybridized carbons (Fsp3) is 0.519. The van der Waals surface area contributed by atoms with Crippen molar-refractivity contribution in [1.29, 1.82) is 0 Å². The van der Waals surface area contributed by atoms with Gasteiger partial charge in [-0.1, -0.05) is 53.7 Å². The number of nitrogens with one attached hydrogen (secondary N) is 2. The van der Waals surface area contributed by atoms with Crippen LogP contribution in [-0.2, 0) is 19.1 Å². The Morgan fingerprint density at radius 2 is 1.86 bits per heavy atom. The van der Waals surface area contributed by atoms with Crippen LogP contribution >= 0.6 is 23.4 Å². The van der Waals surface area contributed by atoms with E-state index in [9.17, 15) is 29.7 Å². The number of rotatable bonds is 9. The number of ether oxygens (including phenoxy) is 1. The summed E-state index contributed by atoms with van der Waals surface area (Å²) in [7, 11) is 0. The van der Waals surface area contributed by atoms with Gasteiger partial charge in [-0.2, -0.15) is 0 Å². The lowest BCUT2D eigenvalue weighted by Crippen LogP contribution is -2.76.